The molecule has 3 amide bonds. The molecule has 0 radical (unpaired) electrons. The maximum atomic E-state index is 12.9. The van der Waals surface area contributed by atoms with Crippen LogP contribution in [-0.2, 0) is 4.79 Å². The Bertz CT molecular complexity index is 746. The topological polar surface area (TPSA) is 57.7 Å². The monoisotopic (exact) mass is 332 g/mol. The van der Waals surface area contributed by atoms with Gasteiger partial charge in [-0.15, -0.1) is 11.8 Å². The first-order valence-electron chi connectivity index (χ1n) is 7.70. The number of carbonyl (C=O) groups is 3. The quantitative estimate of drug-likeness (QED) is 0.585. The maximum Gasteiger partial charge on any atom is 0.262 e. The van der Waals surface area contributed by atoms with E-state index in [2.05, 4.69) is 13.8 Å². The fraction of sp³-hybridized carbons (Fsp3) is 0.471. The Morgan fingerprint density at radius 1 is 1.04 bits per heavy atom. The number of nitrogens with zero attached hydrogens (tertiary/aromatic N) is 2. The number of β-lactam (4-membered cyclic amide) rings is 1. The summed E-state index contributed by atoms with van der Waals surface area (Å²) in [5.74, 6) is -0.860. The molecule has 2 saturated heterocycles. The van der Waals surface area contributed by atoms with Gasteiger partial charge in [-0.2, -0.15) is 0 Å². The lowest BCUT2D eigenvalue weighted by Gasteiger charge is -2.54. The first-order valence-corrected chi connectivity index (χ1v) is 8.57. The van der Waals surface area contributed by atoms with E-state index in [9.17, 15) is 14.4 Å². The van der Waals surface area contributed by atoms with Gasteiger partial charge in [-0.25, -0.2) is 0 Å². The fourth-order valence-electron chi connectivity index (χ4n) is 3.77. The van der Waals surface area contributed by atoms with Crippen molar-refractivity contribution in [2.75, 3.05) is 0 Å². The number of thioether (sulfide) groups is 1. The molecule has 122 valence electrons. The Hall–Kier alpha value is -1.82. The minimum absolute atomic E-state index is 0. The third-order valence-electron chi connectivity index (χ3n) is 5.50. The molecule has 0 saturated carbocycles. The van der Waals surface area contributed by atoms with Crippen LogP contribution in [0.5, 0.6) is 0 Å². The van der Waals surface area contributed by atoms with Gasteiger partial charge in [0.15, 0.2) is 5.54 Å². The van der Waals surface area contributed by atoms with E-state index >= 15 is 0 Å². The van der Waals surface area contributed by atoms with Gasteiger partial charge < -0.3 is 4.90 Å². The highest BCUT2D eigenvalue weighted by atomic mass is 32.2. The molecule has 2 fully saturated rings. The standard InChI is InChI=1S/C17H18N2O3S.H2/c1-9-16(2,3)23-15-17(4,14(22)18(9)15)19-12(20)10-7-5-6-8-11(10)13(19)21;/h5-9,15H,1-4H3;1H/t9-,15-,17-;/m0./s1. The van der Waals surface area contributed by atoms with E-state index in [-0.39, 0.29) is 35.3 Å². The zero-order valence-electron chi connectivity index (χ0n) is 13.5. The Labute approximate surface area is 140 Å². The molecule has 0 unspecified atom stereocenters. The number of imide groups is 1. The highest BCUT2D eigenvalue weighted by Crippen LogP contribution is 2.57. The lowest BCUT2D eigenvalue weighted by molar-refractivity contribution is -0.163. The van der Waals surface area contributed by atoms with Crippen molar-refractivity contribution in [3.63, 3.8) is 0 Å². The number of rotatable bonds is 1. The smallest absolute Gasteiger partial charge is 0.262 e. The maximum absolute atomic E-state index is 12.9. The first kappa shape index (κ1) is 14.8. The second-order valence-corrected chi connectivity index (χ2v) is 8.84. The van der Waals surface area contributed by atoms with Gasteiger partial charge in [-0.1, -0.05) is 12.1 Å². The molecule has 3 aliphatic rings. The average molecular weight is 332 g/mol. The van der Waals surface area contributed by atoms with Gasteiger partial charge in [0.1, 0.15) is 5.37 Å². The number of fused-ring (bicyclic) bond motifs is 2. The minimum atomic E-state index is -1.10. The van der Waals surface area contributed by atoms with Crippen LogP contribution in [0.4, 0.5) is 0 Å². The summed E-state index contributed by atoms with van der Waals surface area (Å²) in [5.41, 5.74) is -0.319. The Balaban J connectivity index is 0.00000169. The van der Waals surface area contributed by atoms with Crippen molar-refractivity contribution in [2.24, 2.45) is 0 Å². The molecule has 4 rings (SSSR count). The van der Waals surface area contributed by atoms with Crippen LogP contribution in [0.2, 0.25) is 0 Å². The summed E-state index contributed by atoms with van der Waals surface area (Å²) in [7, 11) is 0. The fourth-order valence-corrected chi connectivity index (χ4v) is 5.48. The molecule has 5 nitrogen and oxygen atoms in total. The molecule has 3 atom stereocenters. The predicted octanol–water partition coefficient (Wildman–Crippen LogP) is 2.37. The third kappa shape index (κ3) is 1.52. The summed E-state index contributed by atoms with van der Waals surface area (Å²) in [6, 6.07) is 6.84. The van der Waals surface area contributed by atoms with Crippen LogP contribution in [0.25, 0.3) is 0 Å². The molecule has 23 heavy (non-hydrogen) atoms. The molecule has 0 aromatic heterocycles. The van der Waals surface area contributed by atoms with Crippen molar-refractivity contribution in [3.8, 4) is 0 Å². The summed E-state index contributed by atoms with van der Waals surface area (Å²) in [5, 5.41) is -0.179. The van der Waals surface area contributed by atoms with Crippen molar-refractivity contribution in [1.82, 2.24) is 9.80 Å². The van der Waals surface area contributed by atoms with Gasteiger partial charge in [0.25, 0.3) is 17.7 Å². The summed E-state index contributed by atoms with van der Waals surface area (Å²) in [4.78, 5) is 41.4. The van der Waals surface area contributed by atoms with Gasteiger partial charge in [0, 0.05) is 12.2 Å². The van der Waals surface area contributed by atoms with E-state index in [1.165, 1.54) is 4.90 Å². The van der Waals surface area contributed by atoms with Crippen LogP contribution >= 0.6 is 11.8 Å². The Morgan fingerprint density at radius 2 is 1.57 bits per heavy atom. The number of carbonyl (C=O) groups excluding carboxylic acids is 3. The summed E-state index contributed by atoms with van der Waals surface area (Å²) in [6.07, 6.45) is 0. The Kier molecular flexibility index (Phi) is 2.68. The van der Waals surface area contributed by atoms with Crippen LogP contribution < -0.4 is 0 Å². The zero-order chi connectivity index (χ0) is 16.7. The molecular weight excluding hydrogens is 312 g/mol. The number of benzene rings is 1. The van der Waals surface area contributed by atoms with Crippen molar-refractivity contribution in [2.45, 2.75) is 49.4 Å². The molecule has 0 spiro atoms. The van der Waals surface area contributed by atoms with Crippen molar-refractivity contribution >= 4 is 29.5 Å². The number of hydrogen-bond donors (Lipinski definition) is 0. The van der Waals surface area contributed by atoms with Crippen LogP contribution in [0.1, 0.15) is 49.8 Å². The average Bonchev–Trinajstić information content (AvgIpc) is 2.90. The third-order valence-corrected chi connectivity index (χ3v) is 7.36. The van der Waals surface area contributed by atoms with E-state index < -0.39 is 5.54 Å². The molecular formula is C17H20N2O3S. The molecule has 6 heteroatoms. The van der Waals surface area contributed by atoms with E-state index in [1.807, 2.05) is 11.8 Å². The van der Waals surface area contributed by atoms with E-state index in [0.29, 0.717) is 11.1 Å². The van der Waals surface area contributed by atoms with Crippen LogP contribution in [0, 0.1) is 0 Å². The first-order chi connectivity index (χ1) is 10.7. The molecule has 0 aliphatic carbocycles. The lowest BCUT2D eigenvalue weighted by atomic mass is 9.85. The highest BCUT2D eigenvalue weighted by Gasteiger charge is 2.71. The summed E-state index contributed by atoms with van der Waals surface area (Å²) in [6.45, 7) is 7.93. The van der Waals surface area contributed by atoms with E-state index in [0.717, 1.165) is 0 Å². The van der Waals surface area contributed by atoms with Crippen molar-refractivity contribution in [3.05, 3.63) is 35.4 Å². The van der Waals surface area contributed by atoms with Crippen LogP contribution in [-0.4, -0.2) is 49.2 Å². The second-order valence-electron chi connectivity index (χ2n) is 7.10. The number of amides is 3. The van der Waals surface area contributed by atoms with Gasteiger partial charge in [0.2, 0.25) is 0 Å². The largest absolute Gasteiger partial charge is 0.321 e. The lowest BCUT2D eigenvalue weighted by Crippen LogP contribution is -2.78. The van der Waals surface area contributed by atoms with Crippen molar-refractivity contribution in [1.29, 1.82) is 0 Å². The summed E-state index contributed by atoms with van der Waals surface area (Å²) < 4.78 is -0.100. The molecule has 3 heterocycles. The molecule has 3 aliphatic heterocycles. The molecule has 1 aromatic carbocycles. The van der Waals surface area contributed by atoms with Gasteiger partial charge >= 0.3 is 0 Å². The molecule has 0 N–H and O–H groups in total. The molecule has 1 aromatic rings. The SMILES string of the molecule is C[C@@H]1N2C(=O)[C@](C)(N3C(=O)c4ccccc4C3=O)[C@@H]2SC1(C)C.[HH]. The second kappa shape index (κ2) is 4.17. The van der Waals surface area contributed by atoms with E-state index in [4.69, 9.17) is 0 Å². The van der Waals surface area contributed by atoms with Gasteiger partial charge in [-0.05, 0) is 39.8 Å². The van der Waals surface area contributed by atoms with Crippen LogP contribution in [0.3, 0.4) is 0 Å². The predicted molar refractivity (Wildman–Crippen MR) is 89.2 cm³/mol. The molecule has 0 bridgehead atoms. The number of hydrogen-bond acceptors (Lipinski definition) is 4. The normalized spacial score (nSPS) is 34.5. The minimum Gasteiger partial charge on any atom is -0.321 e. The highest BCUT2D eigenvalue weighted by molar-refractivity contribution is 8.01. The zero-order valence-corrected chi connectivity index (χ0v) is 14.3. The Morgan fingerprint density at radius 3 is 2.09 bits per heavy atom. The van der Waals surface area contributed by atoms with Gasteiger partial charge in [0.05, 0.1) is 11.1 Å². The van der Waals surface area contributed by atoms with Crippen molar-refractivity contribution < 1.29 is 15.8 Å². The van der Waals surface area contributed by atoms with Gasteiger partial charge in [-0.3, -0.25) is 19.3 Å². The van der Waals surface area contributed by atoms with Crippen LogP contribution in [0.15, 0.2) is 24.3 Å². The van der Waals surface area contributed by atoms with E-state index in [1.54, 1.807) is 43.0 Å². The summed E-state index contributed by atoms with van der Waals surface area (Å²) >= 11 is 1.67.